The van der Waals surface area contributed by atoms with Crippen molar-refractivity contribution >= 4 is 19.9 Å². The Morgan fingerprint density at radius 2 is 1.26 bits per heavy atom. The van der Waals surface area contributed by atoms with Crippen LogP contribution in [0.25, 0.3) is 0 Å². The summed E-state index contributed by atoms with van der Waals surface area (Å²) in [6, 6.07) is 25.5. The number of carbonyl (C=O) groups is 2. The third-order valence-electron chi connectivity index (χ3n) is 9.97. The van der Waals surface area contributed by atoms with Gasteiger partial charge in [0, 0.05) is 18.3 Å². The molecule has 1 unspecified atom stereocenters. The smallest absolute Gasteiger partial charge is 0.192 e. The summed E-state index contributed by atoms with van der Waals surface area (Å²) in [6.07, 6.45) is 2.91. The van der Waals surface area contributed by atoms with Crippen molar-refractivity contribution in [1.82, 2.24) is 0 Å². The van der Waals surface area contributed by atoms with Crippen molar-refractivity contribution < 1.29 is 37.7 Å². The van der Waals surface area contributed by atoms with Gasteiger partial charge in [0.15, 0.2) is 8.32 Å². The highest BCUT2D eigenvalue weighted by molar-refractivity contribution is 6.74. The normalized spacial score (nSPS) is 14.2. The number of methoxy groups -OCH3 is 2. The fraction of sp³-hybridized carbons (Fsp3) is 0.500. The molecule has 0 fully saturated rings. The summed E-state index contributed by atoms with van der Waals surface area (Å²) in [4.78, 5) is 27.2. The average molecular weight is 747 g/mol. The van der Waals surface area contributed by atoms with Crippen molar-refractivity contribution in [3.05, 3.63) is 108 Å². The van der Waals surface area contributed by atoms with E-state index in [2.05, 4.69) is 33.9 Å². The van der Waals surface area contributed by atoms with Crippen LogP contribution in [0.4, 0.5) is 0 Å². The summed E-state index contributed by atoms with van der Waals surface area (Å²) in [5.41, 5.74) is 2.26. The van der Waals surface area contributed by atoms with Crippen LogP contribution >= 0.6 is 0 Å². The van der Waals surface area contributed by atoms with Crippen LogP contribution in [0.5, 0.6) is 11.5 Å². The third-order valence-corrected chi connectivity index (χ3v) is 14.5. The van der Waals surface area contributed by atoms with E-state index < -0.39 is 19.8 Å². The van der Waals surface area contributed by atoms with E-state index in [1.54, 1.807) is 14.2 Å². The number of rotatable bonds is 23. The molecule has 0 radical (unpaired) electrons. The molecular weight excluding hydrogens is 685 g/mol. The number of benzene rings is 3. The SMILES string of the molecule is COc1ccc(COC/C=C/C(C)(C)C(=O)CC(=O)C[C@H](CC(OCc2ccc(OC)cc2)[C@@H](C)OCc2ccccc2)O[Si](C)(C)C(C)(C)C)cc1. The second-order valence-electron chi connectivity index (χ2n) is 15.8. The predicted octanol–water partition coefficient (Wildman–Crippen LogP) is 9.69. The number of hydrogen-bond acceptors (Lipinski definition) is 8. The zero-order valence-corrected chi connectivity index (χ0v) is 34.6. The van der Waals surface area contributed by atoms with E-state index in [-0.39, 0.29) is 41.7 Å². The van der Waals surface area contributed by atoms with Gasteiger partial charge in [-0.05, 0) is 79.9 Å². The maximum Gasteiger partial charge on any atom is 0.192 e. The van der Waals surface area contributed by atoms with Gasteiger partial charge in [0.1, 0.15) is 23.1 Å². The predicted molar refractivity (Wildman–Crippen MR) is 214 cm³/mol. The quantitative estimate of drug-likeness (QED) is 0.0410. The van der Waals surface area contributed by atoms with E-state index in [1.165, 1.54) is 0 Å². The van der Waals surface area contributed by atoms with Gasteiger partial charge in [-0.2, -0.15) is 0 Å². The monoisotopic (exact) mass is 746 g/mol. The Morgan fingerprint density at radius 1 is 0.736 bits per heavy atom. The Hall–Kier alpha value is -3.60. The minimum absolute atomic E-state index is 0.0821. The van der Waals surface area contributed by atoms with Crippen LogP contribution in [0.3, 0.4) is 0 Å². The molecule has 0 bridgehead atoms. The van der Waals surface area contributed by atoms with Crippen molar-refractivity contribution in [1.29, 1.82) is 0 Å². The van der Waals surface area contributed by atoms with Crippen LogP contribution in [-0.4, -0.2) is 59.0 Å². The molecule has 0 aromatic heterocycles. The van der Waals surface area contributed by atoms with Gasteiger partial charge in [-0.1, -0.05) is 87.5 Å². The summed E-state index contributed by atoms with van der Waals surface area (Å²) in [5.74, 6) is 1.27. The van der Waals surface area contributed by atoms with E-state index in [0.29, 0.717) is 32.8 Å². The molecule has 0 aliphatic heterocycles. The van der Waals surface area contributed by atoms with Gasteiger partial charge in [0.25, 0.3) is 0 Å². The Labute approximate surface area is 319 Å². The fourth-order valence-electron chi connectivity index (χ4n) is 5.39. The van der Waals surface area contributed by atoms with Gasteiger partial charge in [-0.25, -0.2) is 0 Å². The standard InChI is InChI=1S/C44H62O8Si/c1-33(50-31-34-15-12-11-13-16-34)41(51-32-36-19-23-39(48-8)24-20-36)29-40(52-53(9,10)43(2,3)4)27-37(45)28-42(46)44(5,6)25-14-26-49-30-35-17-21-38(47-7)22-18-35/h11-25,33,40-41H,26-32H2,1-10H3/b25-14+/t33-,40-,41?/m1/s1. The third kappa shape index (κ3) is 15.0. The first-order chi connectivity index (χ1) is 25.0. The molecule has 0 aliphatic carbocycles. The Balaban J connectivity index is 1.71. The highest BCUT2D eigenvalue weighted by atomic mass is 28.4. The van der Waals surface area contributed by atoms with E-state index in [0.717, 1.165) is 28.2 Å². The highest BCUT2D eigenvalue weighted by Crippen LogP contribution is 2.38. The van der Waals surface area contributed by atoms with E-state index in [4.69, 9.17) is 28.1 Å². The number of Topliss-reactive ketones (excluding diaryl/α,β-unsaturated/α-hetero) is 2. The first kappa shape index (κ1) is 43.8. The van der Waals surface area contributed by atoms with Crippen molar-refractivity contribution in [3.8, 4) is 11.5 Å². The number of ether oxygens (including phenoxy) is 5. The molecule has 0 N–H and O–H groups in total. The zero-order valence-electron chi connectivity index (χ0n) is 33.6. The first-order valence-electron chi connectivity index (χ1n) is 18.5. The Bertz CT molecular complexity index is 1560. The van der Waals surface area contributed by atoms with Gasteiger partial charge in [-0.3, -0.25) is 9.59 Å². The molecule has 3 rings (SSSR count). The lowest BCUT2D eigenvalue weighted by Crippen LogP contribution is -2.46. The molecule has 3 aromatic rings. The number of carbonyl (C=O) groups excluding carboxylic acids is 2. The van der Waals surface area contributed by atoms with Gasteiger partial charge >= 0.3 is 0 Å². The Morgan fingerprint density at radius 3 is 1.81 bits per heavy atom. The topological polar surface area (TPSA) is 89.5 Å². The summed E-state index contributed by atoms with van der Waals surface area (Å²) in [6.45, 7) is 18.2. The maximum atomic E-state index is 13.7. The van der Waals surface area contributed by atoms with Crippen molar-refractivity contribution in [2.24, 2.45) is 5.41 Å². The van der Waals surface area contributed by atoms with E-state index in [1.807, 2.05) is 112 Å². The molecule has 0 saturated carbocycles. The minimum Gasteiger partial charge on any atom is -0.497 e. The molecule has 290 valence electrons. The molecule has 0 saturated heterocycles. The summed E-state index contributed by atoms with van der Waals surface area (Å²) in [5, 5.41) is -0.0821. The van der Waals surface area contributed by atoms with Crippen LogP contribution in [0.15, 0.2) is 91.0 Å². The van der Waals surface area contributed by atoms with Gasteiger partial charge in [0.2, 0.25) is 0 Å². The minimum atomic E-state index is -2.32. The molecule has 53 heavy (non-hydrogen) atoms. The second-order valence-corrected chi connectivity index (χ2v) is 20.5. The highest BCUT2D eigenvalue weighted by Gasteiger charge is 2.41. The summed E-state index contributed by atoms with van der Waals surface area (Å²) < 4.78 is 36.2. The molecule has 0 heterocycles. The van der Waals surface area contributed by atoms with Crippen molar-refractivity contribution in [3.63, 3.8) is 0 Å². The number of allylic oxidation sites excluding steroid dienone is 1. The average Bonchev–Trinajstić information content (AvgIpc) is 3.12. The molecule has 3 atom stereocenters. The molecular formula is C44H62O8Si. The molecule has 0 aliphatic rings. The van der Waals surface area contributed by atoms with Crippen LogP contribution in [0, 0.1) is 5.41 Å². The van der Waals surface area contributed by atoms with Gasteiger partial charge in [0.05, 0.1) is 65.4 Å². The second kappa shape index (κ2) is 20.7. The Kier molecular flexibility index (Phi) is 17.1. The van der Waals surface area contributed by atoms with E-state index >= 15 is 0 Å². The first-order valence-corrected chi connectivity index (χ1v) is 21.4. The molecule has 8 nitrogen and oxygen atoms in total. The van der Waals surface area contributed by atoms with Crippen LogP contribution < -0.4 is 9.47 Å². The lowest BCUT2D eigenvalue weighted by molar-refractivity contribution is -0.132. The molecule has 3 aromatic carbocycles. The number of ketones is 2. The van der Waals surface area contributed by atoms with Crippen LogP contribution in [-0.2, 0) is 48.0 Å². The fourth-order valence-corrected chi connectivity index (χ4v) is 6.76. The zero-order chi connectivity index (χ0) is 39.1. The maximum absolute atomic E-state index is 13.7. The lowest BCUT2D eigenvalue weighted by atomic mass is 9.84. The molecule has 0 spiro atoms. The summed E-state index contributed by atoms with van der Waals surface area (Å²) in [7, 11) is 0.963. The largest absolute Gasteiger partial charge is 0.497 e. The van der Waals surface area contributed by atoms with Crippen LogP contribution in [0.1, 0.15) is 77.5 Å². The van der Waals surface area contributed by atoms with Crippen molar-refractivity contribution in [2.45, 2.75) is 117 Å². The number of hydrogen-bond donors (Lipinski definition) is 0. The van der Waals surface area contributed by atoms with Crippen LogP contribution in [0.2, 0.25) is 18.1 Å². The summed E-state index contributed by atoms with van der Waals surface area (Å²) >= 11 is 0. The molecule has 0 amide bonds. The lowest BCUT2D eigenvalue weighted by Gasteiger charge is -2.40. The van der Waals surface area contributed by atoms with Gasteiger partial charge < -0.3 is 28.1 Å². The van der Waals surface area contributed by atoms with Gasteiger partial charge in [-0.15, -0.1) is 0 Å². The van der Waals surface area contributed by atoms with E-state index in [9.17, 15) is 9.59 Å². The van der Waals surface area contributed by atoms with Crippen molar-refractivity contribution in [2.75, 3.05) is 20.8 Å². The molecule has 9 heteroatoms.